The first kappa shape index (κ1) is 20.9. The quantitative estimate of drug-likeness (QED) is 0.272. The Bertz CT molecular complexity index is 1410. The van der Waals surface area contributed by atoms with E-state index >= 15 is 0 Å². The Morgan fingerprint density at radius 2 is 1.91 bits per heavy atom. The van der Waals surface area contributed by atoms with Gasteiger partial charge in [-0.25, -0.2) is 4.39 Å². The van der Waals surface area contributed by atoms with E-state index in [4.69, 9.17) is 0 Å². The van der Waals surface area contributed by atoms with E-state index in [-0.39, 0.29) is 11.7 Å². The molecule has 7 heteroatoms. The zero-order valence-corrected chi connectivity index (χ0v) is 18.6. The SMILES string of the molecule is Cc1[nH]c2ccc(NC(=O)c3cccs3)cc2c1[C@H](Nc1ccccc1F)c1ccccn1. The van der Waals surface area contributed by atoms with E-state index in [1.54, 1.807) is 30.5 Å². The van der Waals surface area contributed by atoms with Crippen LogP contribution in [0.5, 0.6) is 0 Å². The van der Waals surface area contributed by atoms with Gasteiger partial charge in [0.05, 0.1) is 22.3 Å². The van der Waals surface area contributed by atoms with Crippen molar-refractivity contribution in [1.82, 2.24) is 9.97 Å². The fraction of sp³-hybridized carbons (Fsp3) is 0.0769. The molecule has 2 aromatic carbocycles. The van der Waals surface area contributed by atoms with Gasteiger partial charge in [-0.15, -0.1) is 11.3 Å². The molecule has 3 heterocycles. The zero-order chi connectivity index (χ0) is 22.8. The van der Waals surface area contributed by atoms with Crippen LogP contribution in [0.25, 0.3) is 10.9 Å². The van der Waals surface area contributed by atoms with Gasteiger partial charge in [0.25, 0.3) is 5.91 Å². The van der Waals surface area contributed by atoms with E-state index in [1.165, 1.54) is 17.4 Å². The topological polar surface area (TPSA) is 69.8 Å². The standard InChI is InChI=1S/C26H21FN4OS/c1-16-24(25(22-9-4-5-13-28-22)31-21-8-3-2-7-19(21)27)18-15-17(11-12-20(18)29-16)30-26(32)23-10-6-14-33-23/h2-15,25,29,31H,1H3,(H,30,32)/t25-/m1/s1. The van der Waals surface area contributed by atoms with Gasteiger partial charge >= 0.3 is 0 Å². The summed E-state index contributed by atoms with van der Waals surface area (Å²) in [4.78, 5) is 21.2. The lowest BCUT2D eigenvalue weighted by Crippen LogP contribution is -2.15. The number of aryl methyl sites for hydroxylation is 1. The Labute approximate surface area is 194 Å². The number of halogens is 1. The molecular formula is C26H21FN4OS. The average Bonchev–Trinajstić information content (AvgIpc) is 3.47. The number of benzene rings is 2. The number of carbonyl (C=O) groups is 1. The highest BCUT2D eigenvalue weighted by atomic mass is 32.1. The zero-order valence-electron chi connectivity index (χ0n) is 17.8. The molecule has 3 N–H and O–H groups in total. The predicted molar refractivity (Wildman–Crippen MR) is 131 cm³/mol. The van der Waals surface area contributed by atoms with Gasteiger partial charge < -0.3 is 15.6 Å². The highest BCUT2D eigenvalue weighted by Gasteiger charge is 2.23. The van der Waals surface area contributed by atoms with Crippen molar-refractivity contribution in [2.75, 3.05) is 10.6 Å². The maximum absolute atomic E-state index is 14.5. The number of thiophene rings is 1. The second kappa shape index (κ2) is 8.88. The van der Waals surface area contributed by atoms with Crippen LogP contribution in [-0.4, -0.2) is 15.9 Å². The number of para-hydroxylation sites is 1. The van der Waals surface area contributed by atoms with Crippen LogP contribution in [0.2, 0.25) is 0 Å². The number of rotatable bonds is 6. The number of hydrogen-bond donors (Lipinski definition) is 3. The minimum atomic E-state index is -0.403. The van der Waals surface area contributed by atoms with E-state index < -0.39 is 6.04 Å². The van der Waals surface area contributed by atoms with Crippen molar-refractivity contribution in [3.63, 3.8) is 0 Å². The number of carbonyl (C=O) groups excluding carboxylic acids is 1. The van der Waals surface area contributed by atoms with E-state index in [0.29, 0.717) is 16.3 Å². The van der Waals surface area contributed by atoms with E-state index in [1.807, 2.05) is 54.8 Å². The number of aromatic nitrogens is 2. The second-order valence-corrected chi connectivity index (χ2v) is 8.61. The van der Waals surface area contributed by atoms with Crippen LogP contribution in [0, 0.1) is 12.7 Å². The number of H-pyrrole nitrogens is 1. The van der Waals surface area contributed by atoms with E-state index in [0.717, 1.165) is 27.9 Å². The molecule has 1 amide bonds. The smallest absolute Gasteiger partial charge is 0.265 e. The third kappa shape index (κ3) is 4.23. The largest absolute Gasteiger partial charge is 0.370 e. The first-order valence-corrected chi connectivity index (χ1v) is 11.4. The van der Waals surface area contributed by atoms with Crippen molar-refractivity contribution in [2.45, 2.75) is 13.0 Å². The van der Waals surface area contributed by atoms with E-state index in [2.05, 4.69) is 20.6 Å². The number of amides is 1. The van der Waals surface area contributed by atoms with Gasteiger partial charge in [0.2, 0.25) is 0 Å². The third-order valence-corrected chi connectivity index (χ3v) is 6.35. The fourth-order valence-electron chi connectivity index (χ4n) is 3.97. The Morgan fingerprint density at radius 1 is 1.06 bits per heavy atom. The van der Waals surface area contributed by atoms with Gasteiger partial charge in [-0.1, -0.05) is 24.3 Å². The molecule has 5 nitrogen and oxygen atoms in total. The molecule has 1 atom stereocenters. The van der Waals surface area contributed by atoms with Crippen LogP contribution in [0.1, 0.15) is 32.7 Å². The summed E-state index contributed by atoms with van der Waals surface area (Å²) in [7, 11) is 0. The molecule has 0 saturated carbocycles. The van der Waals surface area contributed by atoms with Crippen LogP contribution in [0.15, 0.2) is 84.4 Å². The maximum Gasteiger partial charge on any atom is 0.265 e. The van der Waals surface area contributed by atoms with Gasteiger partial charge in [-0.2, -0.15) is 0 Å². The second-order valence-electron chi connectivity index (χ2n) is 7.67. The van der Waals surface area contributed by atoms with Crippen LogP contribution in [-0.2, 0) is 0 Å². The van der Waals surface area contributed by atoms with Crippen LogP contribution >= 0.6 is 11.3 Å². The van der Waals surface area contributed by atoms with Gasteiger partial charge in [0.1, 0.15) is 5.82 Å². The normalized spacial score (nSPS) is 11.9. The highest BCUT2D eigenvalue weighted by Crippen LogP contribution is 2.35. The summed E-state index contributed by atoms with van der Waals surface area (Å²) < 4.78 is 14.5. The average molecular weight is 457 g/mol. The summed E-state index contributed by atoms with van der Waals surface area (Å²) in [6.45, 7) is 1.98. The number of nitrogens with one attached hydrogen (secondary N) is 3. The Morgan fingerprint density at radius 3 is 2.67 bits per heavy atom. The van der Waals surface area contributed by atoms with Crippen molar-refractivity contribution in [3.05, 3.63) is 112 Å². The molecule has 0 saturated heterocycles. The van der Waals surface area contributed by atoms with Gasteiger partial charge in [0, 0.05) is 34.0 Å². The number of pyridine rings is 1. The van der Waals surface area contributed by atoms with Crippen molar-refractivity contribution in [1.29, 1.82) is 0 Å². The summed E-state index contributed by atoms with van der Waals surface area (Å²) in [5, 5.41) is 9.11. The first-order valence-electron chi connectivity index (χ1n) is 10.5. The van der Waals surface area contributed by atoms with Gasteiger partial charge in [-0.05, 0) is 60.8 Å². The van der Waals surface area contributed by atoms with Crippen LogP contribution in [0.4, 0.5) is 15.8 Å². The lowest BCUT2D eigenvalue weighted by Gasteiger charge is -2.21. The van der Waals surface area contributed by atoms with Crippen molar-refractivity contribution in [3.8, 4) is 0 Å². The predicted octanol–water partition coefficient (Wildman–Crippen LogP) is 6.53. The molecule has 0 spiro atoms. The number of hydrogen-bond acceptors (Lipinski definition) is 4. The molecule has 0 unspecified atom stereocenters. The van der Waals surface area contributed by atoms with Crippen LogP contribution in [0.3, 0.4) is 0 Å². The highest BCUT2D eigenvalue weighted by molar-refractivity contribution is 7.12. The maximum atomic E-state index is 14.5. The van der Waals surface area contributed by atoms with Crippen molar-refractivity contribution < 1.29 is 9.18 Å². The molecule has 0 aliphatic heterocycles. The van der Waals surface area contributed by atoms with Gasteiger partial charge in [0.15, 0.2) is 0 Å². The molecule has 5 rings (SSSR count). The summed E-state index contributed by atoms with van der Waals surface area (Å²) in [6.07, 6.45) is 1.72. The molecule has 0 fully saturated rings. The first-order chi connectivity index (χ1) is 16.1. The summed E-state index contributed by atoms with van der Waals surface area (Å²) in [5.74, 6) is -0.483. The molecule has 33 heavy (non-hydrogen) atoms. The Balaban J connectivity index is 1.59. The summed E-state index contributed by atoms with van der Waals surface area (Å²) in [6, 6.07) is 21.3. The van der Waals surface area contributed by atoms with Crippen LogP contribution < -0.4 is 10.6 Å². The third-order valence-electron chi connectivity index (χ3n) is 5.48. The molecule has 5 aromatic rings. The molecule has 164 valence electrons. The number of nitrogens with zero attached hydrogens (tertiary/aromatic N) is 1. The molecule has 0 radical (unpaired) electrons. The lowest BCUT2D eigenvalue weighted by atomic mass is 9.98. The minimum absolute atomic E-state index is 0.149. The minimum Gasteiger partial charge on any atom is -0.370 e. The van der Waals surface area contributed by atoms with E-state index in [9.17, 15) is 9.18 Å². The lowest BCUT2D eigenvalue weighted by molar-refractivity contribution is 0.103. The molecule has 0 bridgehead atoms. The number of aromatic amines is 1. The molecule has 0 aliphatic rings. The Hall–Kier alpha value is -3.97. The summed E-state index contributed by atoms with van der Waals surface area (Å²) in [5.41, 5.74) is 4.65. The molecule has 0 aliphatic carbocycles. The summed E-state index contributed by atoms with van der Waals surface area (Å²) >= 11 is 1.39. The number of anilines is 2. The Kier molecular flexibility index (Phi) is 5.62. The van der Waals surface area contributed by atoms with Gasteiger partial charge in [-0.3, -0.25) is 9.78 Å². The fourth-order valence-corrected chi connectivity index (χ4v) is 4.59. The molecule has 3 aromatic heterocycles. The molecular weight excluding hydrogens is 435 g/mol. The van der Waals surface area contributed by atoms with Crippen molar-refractivity contribution >= 4 is 39.5 Å². The monoisotopic (exact) mass is 456 g/mol. The van der Waals surface area contributed by atoms with Crippen molar-refractivity contribution in [2.24, 2.45) is 0 Å². The number of fused-ring (bicyclic) bond motifs is 1.